The molecule has 5 nitrogen and oxygen atoms in total. The van der Waals surface area contributed by atoms with Crippen LogP contribution < -0.4 is 15.5 Å². The third kappa shape index (κ3) is 3.65. The van der Waals surface area contributed by atoms with Crippen LogP contribution in [0.2, 0.25) is 0 Å². The highest BCUT2D eigenvalue weighted by atomic mass is 16.2. The van der Waals surface area contributed by atoms with Crippen molar-refractivity contribution in [2.24, 2.45) is 0 Å². The molecular formula is C20H23N3O2. The summed E-state index contributed by atoms with van der Waals surface area (Å²) >= 11 is 0. The second-order valence-electron chi connectivity index (χ2n) is 6.08. The molecule has 2 amide bonds. The Labute approximate surface area is 148 Å². The molecule has 0 saturated heterocycles. The Morgan fingerprint density at radius 2 is 1.76 bits per heavy atom. The standard InChI is InChI=1S/C20H23N3O2/c1-3-23(4-2)15-11-9-14(10-12-15)21-19(24)13-18-16-7-5-6-8-17(16)20(25)22-18/h5-12,18H,3-4,13H2,1-2H3,(H,21,24)(H,22,25). The summed E-state index contributed by atoms with van der Waals surface area (Å²) in [5.74, 6) is -0.227. The molecule has 1 aliphatic heterocycles. The second kappa shape index (κ2) is 7.38. The molecule has 1 atom stereocenters. The van der Waals surface area contributed by atoms with Gasteiger partial charge in [-0.25, -0.2) is 0 Å². The van der Waals surface area contributed by atoms with Gasteiger partial charge in [-0.3, -0.25) is 9.59 Å². The largest absolute Gasteiger partial charge is 0.372 e. The average molecular weight is 337 g/mol. The summed E-state index contributed by atoms with van der Waals surface area (Å²) in [6.45, 7) is 6.13. The maximum absolute atomic E-state index is 12.3. The van der Waals surface area contributed by atoms with E-state index < -0.39 is 0 Å². The quantitative estimate of drug-likeness (QED) is 0.850. The van der Waals surface area contributed by atoms with Crippen LogP contribution >= 0.6 is 0 Å². The van der Waals surface area contributed by atoms with Crippen molar-refractivity contribution in [3.05, 3.63) is 59.7 Å². The molecule has 2 aromatic carbocycles. The molecule has 2 N–H and O–H groups in total. The van der Waals surface area contributed by atoms with Gasteiger partial charge in [0.25, 0.3) is 5.91 Å². The highest BCUT2D eigenvalue weighted by Gasteiger charge is 2.29. The first kappa shape index (κ1) is 17.0. The smallest absolute Gasteiger partial charge is 0.252 e. The summed E-state index contributed by atoms with van der Waals surface area (Å²) in [6.07, 6.45) is 0.223. The molecule has 3 rings (SSSR count). The summed E-state index contributed by atoms with van der Waals surface area (Å²) in [5, 5.41) is 5.78. The molecule has 1 aliphatic rings. The number of hydrogen-bond acceptors (Lipinski definition) is 3. The van der Waals surface area contributed by atoms with Gasteiger partial charge in [-0.1, -0.05) is 18.2 Å². The first-order valence-electron chi connectivity index (χ1n) is 8.67. The number of rotatable bonds is 6. The number of nitrogens with one attached hydrogen (secondary N) is 2. The molecule has 1 unspecified atom stereocenters. The van der Waals surface area contributed by atoms with Crippen molar-refractivity contribution in [3.63, 3.8) is 0 Å². The zero-order chi connectivity index (χ0) is 17.8. The number of hydrogen-bond donors (Lipinski definition) is 2. The molecule has 1 heterocycles. The molecule has 130 valence electrons. The lowest BCUT2D eigenvalue weighted by atomic mass is 10.0. The fourth-order valence-corrected chi connectivity index (χ4v) is 3.22. The predicted octanol–water partition coefficient (Wildman–Crippen LogP) is 3.35. The van der Waals surface area contributed by atoms with Crippen molar-refractivity contribution >= 4 is 23.2 Å². The molecule has 0 fully saturated rings. The van der Waals surface area contributed by atoms with Gasteiger partial charge in [-0.05, 0) is 49.7 Å². The Kier molecular flexibility index (Phi) is 5.03. The first-order valence-corrected chi connectivity index (χ1v) is 8.67. The average Bonchev–Trinajstić information content (AvgIpc) is 2.93. The van der Waals surface area contributed by atoms with Crippen LogP contribution in [0, 0.1) is 0 Å². The van der Waals surface area contributed by atoms with E-state index in [1.165, 1.54) is 0 Å². The summed E-state index contributed by atoms with van der Waals surface area (Å²) in [4.78, 5) is 26.5. The van der Waals surface area contributed by atoms with E-state index in [0.717, 1.165) is 30.0 Å². The minimum absolute atomic E-state index is 0.113. The Bertz CT molecular complexity index is 767. The maximum Gasteiger partial charge on any atom is 0.252 e. The zero-order valence-electron chi connectivity index (χ0n) is 14.6. The van der Waals surface area contributed by atoms with Crippen LogP contribution in [-0.4, -0.2) is 24.9 Å². The fraction of sp³-hybridized carbons (Fsp3) is 0.300. The lowest BCUT2D eigenvalue weighted by Crippen LogP contribution is -2.24. The number of anilines is 2. The lowest BCUT2D eigenvalue weighted by molar-refractivity contribution is -0.116. The van der Waals surface area contributed by atoms with E-state index in [4.69, 9.17) is 0 Å². The molecule has 0 bridgehead atoms. The van der Waals surface area contributed by atoms with Crippen molar-refractivity contribution in [1.29, 1.82) is 0 Å². The van der Waals surface area contributed by atoms with E-state index in [9.17, 15) is 9.59 Å². The first-order chi connectivity index (χ1) is 12.1. The summed E-state index contributed by atoms with van der Waals surface area (Å²) in [5.41, 5.74) is 3.45. The summed E-state index contributed by atoms with van der Waals surface area (Å²) in [7, 11) is 0. The van der Waals surface area contributed by atoms with Gasteiger partial charge < -0.3 is 15.5 Å². The van der Waals surface area contributed by atoms with Crippen LogP contribution in [0.5, 0.6) is 0 Å². The van der Waals surface area contributed by atoms with Gasteiger partial charge in [0.2, 0.25) is 5.91 Å². The number of amides is 2. The van der Waals surface area contributed by atoms with Crippen LogP contribution in [0.15, 0.2) is 48.5 Å². The van der Waals surface area contributed by atoms with E-state index >= 15 is 0 Å². The third-order valence-electron chi connectivity index (χ3n) is 4.56. The predicted molar refractivity (Wildman–Crippen MR) is 99.9 cm³/mol. The van der Waals surface area contributed by atoms with Gasteiger partial charge in [-0.15, -0.1) is 0 Å². The Morgan fingerprint density at radius 1 is 1.08 bits per heavy atom. The van der Waals surface area contributed by atoms with Gasteiger partial charge in [-0.2, -0.15) is 0 Å². The number of carbonyl (C=O) groups is 2. The minimum atomic E-state index is -0.265. The van der Waals surface area contributed by atoms with E-state index in [1.807, 2.05) is 42.5 Å². The van der Waals surface area contributed by atoms with Crippen LogP contribution in [-0.2, 0) is 4.79 Å². The van der Waals surface area contributed by atoms with Gasteiger partial charge >= 0.3 is 0 Å². The molecule has 0 spiro atoms. The second-order valence-corrected chi connectivity index (χ2v) is 6.08. The van der Waals surface area contributed by atoms with Gasteiger partial charge in [0.1, 0.15) is 0 Å². The molecule has 0 aromatic heterocycles. The summed E-state index contributed by atoms with van der Waals surface area (Å²) < 4.78 is 0. The monoisotopic (exact) mass is 337 g/mol. The molecular weight excluding hydrogens is 314 g/mol. The number of carbonyl (C=O) groups excluding carboxylic acids is 2. The van der Waals surface area contributed by atoms with E-state index in [1.54, 1.807) is 6.07 Å². The van der Waals surface area contributed by atoms with Gasteiger partial charge in [0, 0.05) is 30.0 Å². The highest BCUT2D eigenvalue weighted by molar-refractivity contribution is 6.00. The molecule has 5 heteroatoms. The molecule has 25 heavy (non-hydrogen) atoms. The number of nitrogens with zero attached hydrogens (tertiary/aromatic N) is 1. The number of benzene rings is 2. The van der Waals surface area contributed by atoms with Crippen molar-refractivity contribution in [2.45, 2.75) is 26.3 Å². The summed E-state index contributed by atoms with van der Waals surface area (Å²) in [6, 6.07) is 15.0. The maximum atomic E-state index is 12.3. The third-order valence-corrected chi connectivity index (χ3v) is 4.56. The molecule has 0 radical (unpaired) electrons. The van der Waals surface area contributed by atoms with Gasteiger partial charge in [0.05, 0.1) is 12.5 Å². The van der Waals surface area contributed by atoms with E-state index in [-0.39, 0.29) is 24.3 Å². The van der Waals surface area contributed by atoms with E-state index in [0.29, 0.717) is 5.56 Å². The SMILES string of the molecule is CCN(CC)c1ccc(NC(=O)CC2NC(=O)c3ccccc32)cc1. The molecule has 0 saturated carbocycles. The molecule has 0 aliphatic carbocycles. The Balaban J connectivity index is 1.63. The van der Waals surface area contributed by atoms with Gasteiger partial charge in [0.15, 0.2) is 0 Å². The normalized spacial score (nSPS) is 15.4. The van der Waals surface area contributed by atoms with Crippen molar-refractivity contribution in [3.8, 4) is 0 Å². The fourth-order valence-electron chi connectivity index (χ4n) is 3.22. The van der Waals surface area contributed by atoms with Crippen LogP contribution in [0.4, 0.5) is 11.4 Å². The van der Waals surface area contributed by atoms with Crippen LogP contribution in [0.3, 0.4) is 0 Å². The van der Waals surface area contributed by atoms with Crippen molar-refractivity contribution in [1.82, 2.24) is 5.32 Å². The van der Waals surface area contributed by atoms with Crippen LogP contribution in [0.25, 0.3) is 0 Å². The zero-order valence-corrected chi connectivity index (χ0v) is 14.6. The lowest BCUT2D eigenvalue weighted by Gasteiger charge is -2.21. The number of fused-ring (bicyclic) bond motifs is 1. The highest BCUT2D eigenvalue weighted by Crippen LogP contribution is 2.28. The van der Waals surface area contributed by atoms with Crippen molar-refractivity contribution in [2.75, 3.05) is 23.3 Å². The van der Waals surface area contributed by atoms with Crippen molar-refractivity contribution < 1.29 is 9.59 Å². The van der Waals surface area contributed by atoms with Crippen LogP contribution in [0.1, 0.15) is 42.2 Å². The topological polar surface area (TPSA) is 61.4 Å². The van der Waals surface area contributed by atoms with E-state index in [2.05, 4.69) is 29.4 Å². The molecule has 2 aromatic rings. The minimum Gasteiger partial charge on any atom is -0.372 e. The Hall–Kier alpha value is -2.82. The Morgan fingerprint density at radius 3 is 2.44 bits per heavy atom.